The van der Waals surface area contributed by atoms with Crippen LogP contribution in [-0.2, 0) is 9.53 Å². The van der Waals surface area contributed by atoms with E-state index in [1.165, 1.54) is 11.8 Å². The summed E-state index contributed by atoms with van der Waals surface area (Å²) in [5, 5.41) is 3.60. The van der Waals surface area contributed by atoms with E-state index in [1.807, 2.05) is 86.6 Å². The number of methoxy groups -OCH3 is 1. The lowest BCUT2D eigenvalue weighted by atomic mass is 10.0. The molecule has 0 fully saturated rings. The van der Waals surface area contributed by atoms with Crippen LogP contribution in [0.15, 0.2) is 88.8 Å². The fraction of sp³-hybridized carbons (Fsp3) is 0.222. The molecule has 0 spiro atoms. The zero-order valence-corrected chi connectivity index (χ0v) is 20.2. The van der Waals surface area contributed by atoms with Crippen molar-refractivity contribution >= 4 is 34.3 Å². The third kappa shape index (κ3) is 5.05. The van der Waals surface area contributed by atoms with Crippen LogP contribution < -0.4 is 10.9 Å². The van der Waals surface area contributed by atoms with Crippen LogP contribution in [0.5, 0.6) is 0 Å². The van der Waals surface area contributed by atoms with Crippen molar-refractivity contribution in [3.63, 3.8) is 0 Å². The van der Waals surface area contributed by atoms with Gasteiger partial charge in [0.25, 0.3) is 5.56 Å². The van der Waals surface area contributed by atoms with Gasteiger partial charge in [0, 0.05) is 18.4 Å². The van der Waals surface area contributed by atoms with Crippen molar-refractivity contribution in [3.8, 4) is 11.1 Å². The molecule has 7 heteroatoms. The van der Waals surface area contributed by atoms with E-state index in [4.69, 9.17) is 9.72 Å². The number of hydrogen-bond donors (Lipinski definition) is 1. The summed E-state index contributed by atoms with van der Waals surface area (Å²) in [7, 11) is 1.60. The molecule has 1 aromatic heterocycles. The van der Waals surface area contributed by atoms with E-state index >= 15 is 0 Å². The van der Waals surface area contributed by atoms with E-state index in [9.17, 15) is 9.59 Å². The minimum atomic E-state index is -0.488. The van der Waals surface area contributed by atoms with Crippen LogP contribution in [0.25, 0.3) is 22.0 Å². The molecule has 0 aliphatic heterocycles. The fourth-order valence-corrected chi connectivity index (χ4v) is 4.83. The maximum Gasteiger partial charge on any atom is 0.262 e. The molecule has 0 saturated heterocycles. The number of nitrogens with one attached hydrogen (secondary N) is 1. The molecule has 0 unspecified atom stereocenters. The third-order valence-electron chi connectivity index (χ3n) is 5.55. The minimum absolute atomic E-state index is 0.139. The van der Waals surface area contributed by atoms with Crippen molar-refractivity contribution in [3.05, 3.63) is 89.2 Å². The maximum absolute atomic E-state index is 13.3. The smallest absolute Gasteiger partial charge is 0.262 e. The molecular formula is C27H27N3O3S. The molecule has 1 amide bonds. The van der Waals surface area contributed by atoms with Crippen molar-refractivity contribution in [2.75, 3.05) is 19.0 Å². The molecule has 0 aliphatic rings. The fourth-order valence-electron chi connectivity index (χ4n) is 3.82. The number of amides is 1. The van der Waals surface area contributed by atoms with Gasteiger partial charge in [-0.1, -0.05) is 72.4 Å². The quantitative estimate of drug-likeness (QED) is 0.274. The maximum atomic E-state index is 13.3. The topological polar surface area (TPSA) is 73.2 Å². The number of thioether (sulfide) groups is 1. The molecule has 0 bridgehead atoms. The van der Waals surface area contributed by atoms with Gasteiger partial charge in [-0.05, 0) is 37.6 Å². The summed E-state index contributed by atoms with van der Waals surface area (Å²) < 4.78 is 6.91. The molecule has 0 aliphatic carbocycles. The number of ether oxygens (including phenoxy) is 1. The average molecular weight is 474 g/mol. The van der Waals surface area contributed by atoms with Crippen LogP contribution in [0.4, 0.5) is 5.69 Å². The molecule has 1 heterocycles. The number of benzene rings is 3. The number of aromatic nitrogens is 2. The summed E-state index contributed by atoms with van der Waals surface area (Å²) >= 11 is 1.27. The van der Waals surface area contributed by atoms with Gasteiger partial charge in [0.15, 0.2) is 5.16 Å². The zero-order valence-electron chi connectivity index (χ0n) is 19.4. The summed E-state index contributed by atoms with van der Waals surface area (Å²) in [6.45, 7) is 4.09. The zero-order chi connectivity index (χ0) is 24.1. The molecule has 34 heavy (non-hydrogen) atoms. The van der Waals surface area contributed by atoms with E-state index < -0.39 is 5.25 Å². The molecule has 6 nitrogen and oxygen atoms in total. The Bertz CT molecular complexity index is 1350. The normalized spacial score (nSPS) is 12.9. The Morgan fingerprint density at radius 2 is 1.68 bits per heavy atom. The first-order valence-electron chi connectivity index (χ1n) is 11.1. The van der Waals surface area contributed by atoms with Crippen LogP contribution >= 0.6 is 11.8 Å². The number of carbonyl (C=O) groups is 1. The number of nitrogens with zero attached hydrogens (tertiary/aromatic N) is 2. The molecule has 3 aromatic carbocycles. The number of rotatable bonds is 8. The highest BCUT2D eigenvalue weighted by Crippen LogP contribution is 2.30. The first kappa shape index (κ1) is 23.7. The molecule has 174 valence electrons. The van der Waals surface area contributed by atoms with Gasteiger partial charge in [-0.2, -0.15) is 0 Å². The highest BCUT2D eigenvalue weighted by Gasteiger charge is 2.22. The predicted octanol–water partition coefficient (Wildman–Crippen LogP) is 5.39. The van der Waals surface area contributed by atoms with Gasteiger partial charge in [0.2, 0.25) is 5.91 Å². The number of carbonyl (C=O) groups excluding carboxylic acids is 1. The van der Waals surface area contributed by atoms with E-state index in [0.29, 0.717) is 22.7 Å². The lowest BCUT2D eigenvalue weighted by Crippen LogP contribution is -2.30. The number of anilines is 1. The highest BCUT2D eigenvalue weighted by atomic mass is 32.2. The summed E-state index contributed by atoms with van der Waals surface area (Å²) in [4.78, 5) is 31.2. The molecule has 0 radical (unpaired) electrons. The van der Waals surface area contributed by atoms with Crippen molar-refractivity contribution in [1.82, 2.24) is 9.55 Å². The average Bonchev–Trinajstić information content (AvgIpc) is 2.85. The van der Waals surface area contributed by atoms with Crippen molar-refractivity contribution in [2.24, 2.45) is 0 Å². The molecule has 4 aromatic rings. The van der Waals surface area contributed by atoms with Crippen molar-refractivity contribution < 1.29 is 9.53 Å². The van der Waals surface area contributed by atoms with Crippen LogP contribution in [-0.4, -0.2) is 34.4 Å². The summed E-state index contributed by atoms with van der Waals surface area (Å²) in [6, 6.07) is 24.7. The van der Waals surface area contributed by atoms with Crippen LogP contribution in [0.2, 0.25) is 0 Å². The largest absolute Gasteiger partial charge is 0.383 e. The lowest BCUT2D eigenvalue weighted by Gasteiger charge is -2.21. The lowest BCUT2D eigenvalue weighted by molar-refractivity contribution is -0.115. The predicted molar refractivity (Wildman–Crippen MR) is 138 cm³/mol. The van der Waals surface area contributed by atoms with E-state index in [-0.39, 0.29) is 17.5 Å². The second-order valence-corrected chi connectivity index (χ2v) is 9.36. The molecule has 1 N–H and O–H groups in total. The van der Waals surface area contributed by atoms with Gasteiger partial charge < -0.3 is 10.1 Å². The molecule has 2 atom stereocenters. The van der Waals surface area contributed by atoms with Gasteiger partial charge in [0.1, 0.15) is 0 Å². The Morgan fingerprint density at radius 3 is 2.44 bits per heavy atom. The number of fused-ring (bicyclic) bond motifs is 1. The summed E-state index contributed by atoms with van der Waals surface area (Å²) in [5.41, 5.74) is 3.18. The Labute approximate surface area is 203 Å². The second kappa shape index (κ2) is 10.7. The molecule has 0 saturated carbocycles. The molecule has 4 rings (SSSR count). The summed E-state index contributed by atoms with van der Waals surface area (Å²) in [5.74, 6) is -0.165. The van der Waals surface area contributed by atoms with E-state index in [2.05, 4.69) is 5.32 Å². The van der Waals surface area contributed by atoms with Gasteiger partial charge in [0.05, 0.1) is 28.8 Å². The van der Waals surface area contributed by atoms with Crippen LogP contribution in [0, 0.1) is 0 Å². The van der Waals surface area contributed by atoms with Crippen molar-refractivity contribution in [2.45, 2.75) is 30.3 Å². The van der Waals surface area contributed by atoms with Crippen molar-refractivity contribution in [1.29, 1.82) is 0 Å². The standard InChI is InChI=1S/C27H27N3O3S/c1-18(17-33-3)30-26(32)22-14-8-10-16-24(22)29-27(30)34-19(2)25(31)28-23-15-9-7-13-21(23)20-11-5-4-6-12-20/h4-16,18-19H,17H2,1-3H3,(H,28,31)/t18-,19-/m1/s1. The monoisotopic (exact) mass is 473 g/mol. The molecular weight excluding hydrogens is 446 g/mol. The van der Waals surface area contributed by atoms with Gasteiger partial charge in [-0.25, -0.2) is 4.98 Å². The van der Waals surface area contributed by atoms with E-state index in [1.54, 1.807) is 17.7 Å². The number of hydrogen-bond acceptors (Lipinski definition) is 5. The Morgan fingerprint density at radius 1 is 1.00 bits per heavy atom. The first-order valence-corrected chi connectivity index (χ1v) is 12.0. The van der Waals surface area contributed by atoms with Gasteiger partial charge in [-0.15, -0.1) is 0 Å². The SMILES string of the molecule is COC[C@@H](C)n1c(S[C@H](C)C(=O)Nc2ccccc2-c2ccccc2)nc2ccccc2c1=O. The minimum Gasteiger partial charge on any atom is -0.383 e. The third-order valence-corrected chi connectivity index (χ3v) is 6.61. The second-order valence-electron chi connectivity index (χ2n) is 8.05. The van der Waals surface area contributed by atoms with Gasteiger partial charge in [-0.3, -0.25) is 14.2 Å². The van der Waals surface area contributed by atoms with Crippen LogP contribution in [0.3, 0.4) is 0 Å². The number of para-hydroxylation sites is 2. The Kier molecular flexibility index (Phi) is 7.45. The Hall–Kier alpha value is -3.42. The van der Waals surface area contributed by atoms with Gasteiger partial charge >= 0.3 is 0 Å². The highest BCUT2D eigenvalue weighted by molar-refractivity contribution is 8.00. The summed E-state index contributed by atoms with van der Waals surface area (Å²) in [6.07, 6.45) is 0. The Balaban J connectivity index is 1.63. The van der Waals surface area contributed by atoms with Crippen LogP contribution in [0.1, 0.15) is 19.9 Å². The van der Waals surface area contributed by atoms with E-state index in [0.717, 1.165) is 16.8 Å². The first-order chi connectivity index (χ1) is 16.5.